The summed E-state index contributed by atoms with van der Waals surface area (Å²) in [6, 6.07) is 8.10. The third kappa shape index (κ3) is 2.83. The van der Waals surface area contributed by atoms with Crippen LogP contribution in [0, 0.1) is 10.1 Å². The molecule has 0 bridgehead atoms. The number of halogens is 1. The van der Waals surface area contributed by atoms with Crippen LogP contribution in [0.1, 0.15) is 22.2 Å². The SMILES string of the molecule is O=C1NCCN(C(=O)c2ccc([N+](=O)[O-])o2)[C@H]1c1ccccc1Cl. The summed E-state index contributed by atoms with van der Waals surface area (Å²) in [5.41, 5.74) is 0.478. The minimum atomic E-state index is -0.927. The molecule has 1 aromatic heterocycles. The smallest absolute Gasteiger partial charge is 0.395 e. The molecule has 9 heteroatoms. The summed E-state index contributed by atoms with van der Waals surface area (Å²) in [6.45, 7) is 0.503. The van der Waals surface area contributed by atoms with Crippen LogP contribution < -0.4 is 5.32 Å². The van der Waals surface area contributed by atoms with Crippen molar-refractivity contribution < 1.29 is 18.9 Å². The molecule has 124 valence electrons. The van der Waals surface area contributed by atoms with Crippen molar-refractivity contribution in [1.82, 2.24) is 10.2 Å². The zero-order valence-corrected chi connectivity index (χ0v) is 13.0. The number of carbonyl (C=O) groups is 2. The summed E-state index contributed by atoms with van der Waals surface area (Å²) >= 11 is 6.15. The Kier molecular flexibility index (Phi) is 4.22. The van der Waals surface area contributed by atoms with Gasteiger partial charge in [-0.3, -0.25) is 19.7 Å². The molecule has 0 aliphatic carbocycles. The highest BCUT2D eigenvalue weighted by Crippen LogP contribution is 2.31. The second kappa shape index (κ2) is 6.32. The van der Waals surface area contributed by atoms with Gasteiger partial charge in [0.2, 0.25) is 5.91 Å². The molecule has 2 aromatic rings. The maximum absolute atomic E-state index is 12.7. The fourth-order valence-electron chi connectivity index (χ4n) is 2.57. The summed E-state index contributed by atoms with van der Waals surface area (Å²) in [5.74, 6) is -1.71. The molecule has 1 aliphatic heterocycles. The van der Waals surface area contributed by atoms with E-state index in [1.54, 1.807) is 24.3 Å². The zero-order valence-electron chi connectivity index (χ0n) is 12.3. The molecule has 1 aromatic carbocycles. The van der Waals surface area contributed by atoms with Gasteiger partial charge in [-0.2, -0.15) is 0 Å². The number of hydrogen-bond donors (Lipinski definition) is 1. The Labute approximate surface area is 141 Å². The predicted molar refractivity (Wildman–Crippen MR) is 83.6 cm³/mol. The Morgan fingerprint density at radius 3 is 2.75 bits per heavy atom. The lowest BCUT2D eigenvalue weighted by Gasteiger charge is -2.35. The van der Waals surface area contributed by atoms with Crippen LogP contribution in [0.4, 0.5) is 5.88 Å². The Morgan fingerprint density at radius 1 is 1.33 bits per heavy atom. The van der Waals surface area contributed by atoms with Crippen LogP contribution in [0.2, 0.25) is 5.02 Å². The second-order valence-corrected chi connectivity index (χ2v) is 5.52. The molecule has 8 nitrogen and oxygen atoms in total. The molecule has 3 rings (SSSR count). The number of benzene rings is 1. The van der Waals surface area contributed by atoms with Crippen LogP contribution in [-0.4, -0.2) is 34.7 Å². The molecule has 1 saturated heterocycles. The number of piperazine rings is 1. The van der Waals surface area contributed by atoms with E-state index in [2.05, 4.69) is 5.32 Å². The first-order valence-electron chi connectivity index (χ1n) is 7.06. The van der Waals surface area contributed by atoms with Crippen molar-refractivity contribution in [3.63, 3.8) is 0 Å². The van der Waals surface area contributed by atoms with Crippen LogP contribution in [0.3, 0.4) is 0 Å². The van der Waals surface area contributed by atoms with E-state index in [-0.39, 0.29) is 24.8 Å². The van der Waals surface area contributed by atoms with E-state index in [0.717, 1.165) is 6.07 Å². The minimum Gasteiger partial charge on any atom is -0.395 e. The molecule has 0 saturated carbocycles. The fourth-order valence-corrected chi connectivity index (χ4v) is 2.81. The van der Waals surface area contributed by atoms with Gasteiger partial charge in [-0.1, -0.05) is 29.8 Å². The number of nitrogens with one attached hydrogen (secondary N) is 1. The zero-order chi connectivity index (χ0) is 17.3. The number of nitro groups is 1. The molecule has 2 heterocycles. The highest BCUT2D eigenvalue weighted by Gasteiger charge is 2.37. The van der Waals surface area contributed by atoms with Crippen molar-refractivity contribution in [2.75, 3.05) is 13.1 Å². The van der Waals surface area contributed by atoms with Crippen molar-refractivity contribution in [1.29, 1.82) is 0 Å². The highest BCUT2D eigenvalue weighted by molar-refractivity contribution is 6.31. The van der Waals surface area contributed by atoms with Gasteiger partial charge in [0, 0.05) is 23.7 Å². The van der Waals surface area contributed by atoms with Gasteiger partial charge in [-0.05, 0) is 12.1 Å². The van der Waals surface area contributed by atoms with Gasteiger partial charge in [0.15, 0.2) is 5.76 Å². The molecule has 1 aliphatic rings. The molecule has 1 N–H and O–H groups in total. The first-order valence-corrected chi connectivity index (χ1v) is 7.44. The van der Waals surface area contributed by atoms with Crippen LogP contribution in [0.25, 0.3) is 0 Å². The summed E-state index contributed by atoms with van der Waals surface area (Å²) in [4.78, 5) is 36.2. The predicted octanol–water partition coefficient (Wildman–Crippen LogP) is 2.15. The summed E-state index contributed by atoms with van der Waals surface area (Å²) < 4.78 is 4.95. The largest absolute Gasteiger partial charge is 0.433 e. The van der Waals surface area contributed by atoms with Crippen molar-refractivity contribution in [2.24, 2.45) is 0 Å². The van der Waals surface area contributed by atoms with Crippen molar-refractivity contribution in [3.05, 3.63) is 62.9 Å². The van der Waals surface area contributed by atoms with E-state index in [1.807, 2.05) is 0 Å². The number of carbonyl (C=O) groups excluding carboxylic acids is 2. The van der Waals surface area contributed by atoms with E-state index >= 15 is 0 Å². The Hall–Kier alpha value is -2.87. The molecule has 24 heavy (non-hydrogen) atoms. The van der Waals surface area contributed by atoms with E-state index in [9.17, 15) is 19.7 Å². The highest BCUT2D eigenvalue weighted by atomic mass is 35.5. The van der Waals surface area contributed by atoms with Gasteiger partial charge >= 0.3 is 5.88 Å². The fraction of sp³-hybridized carbons (Fsp3) is 0.200. The van der Waals surface area contributed by atoms with E-state index in [0.29, 0.717) is 10.6 Å². The molecule has 2 amide bonds. The van der Waals surface area contributed by atoms with Gasteiger partial charge in [-0.15, -0.1) is 0 Å². The van der Waals surface area contributed by atoms with Crippen LogP contribution in [0.5, 0.6) is 0 Å². The molecule has 1 atom stereocenters. The third-order valence-corrected chi connectivity index (χ3v) is 4.00. The lowest BCUT2D eigenvalue weighted by atomic mass is 10.0. The summed E-state index contributed by atoms with van der Waals surface area (Å²) in [5, 5.41) is 13.7. The first-order chi connectivity index (χ1) is 11.5. The van der Waals surface area contributed by atoms with Crippen LogP contribution >= 0.6 is 11.6 Å². The molecule has 0 unspecified atom stereocenters. The Morgan fingerprint density at radius 2 is 2.08 bits per heavy atom. The maximum Gasteiger partial charge on any atom is 0.433 e. The molecule has 0 spiro atoms. The van der Waals surface area contributed by atoms with E-state index < -0.39 is 22.8 Å². The van der Waals surface area contributed by atoms with E-state index in [1.165, 1.54) is 11.0 Å². The molecule has 1 fully saturated rings. The lowest BCUT2D eigenvalue weighted by Crippen LogP contribution is -2.52. The van der Waals surface area contributed by atoms with E-state index in [4.69, 9.17) is 16.0 Å². The van der Waals surface area contributed by atoms with Crippen LogP contribution in [0.15, 0.2) is 40.8 Å². The summed E-state index contributed by atoms with van der Waals surface area (Å²) in [6.07, 6.45) is 0. The number of hydrogen-bond acceptors (Lipinski definition) is 5. The van der Waals surface area contributed by atoms with Gasteiger partial charge in [0.25, 0.3) is 5.91 Å². The van der Waals surface area contributed by atoms with Gasteiger partial charge in [0.05, 0.1) is 6.07 Å². The van der Waals surface area contributed by atoms with Crippen molar-refractivity contribution >= 4 is 29.3 Å². The Bertz CT molecular complexity index is 819. The number of amides is 2. The standard InChI is InChI=1S/C15H12ClN3O5/c16-10-4-2-1-3-9(10)13-14(20)17-7-8-18(13)15(21)11-5-6-12(24-11)19(22)23/h1-6,13H,7-8H2,(H,17,20)/t13-/m0/s1. The van der Waals surface area contributed by atoms with Crippen LogP contribution in [-0.2, 0) is 4.79 Å². The number of rotatable bonds is 3. The molecule has 0 radical (unpaired) electrons. The average Bonchev–Trinajstić information content (AvgIpc) is 3.05. The normalized spacial score (nSPS) is 17.5. The third-order valence-electron chi connectivity index (χ3n) is 3.66. The van der Waals surface area contributed by atoms with Gasteiger partial charge in [0.1, 0.15) is 11.0 Å². The van der Waals surface area contributed by atoms with Gasteiger partial charge in [-0.25, -0.2) is 0 Å². The maximum atomic E-state index is 12.7. The minimum absolute atomic E-state index is 0.201. The average molecular weight is 350 g/mol. The molecular formula is C15H12ClN3O5. The molecular weight excluding hydrogens is 338 g/mol. The first kappa shape index (κ1) is 16.0. The van der Waals surface area contributed by atoms with Crippen molar-refractivity contribution in [2.45, 2.75) is 6.04 Å². The van der Waals surface area contributed by atoms with Crippen molar-refractivity contribution in [3.8, 4) is 0 Å². The van der Waals surface area contributed by atoms with Gasteiger partial charge < -0.3 is 14.6 Å². The topological polar surface area (TPSA) is 106 Å². The second-order valence-electron chi connectivity index (χ2n) is 5.11. The monoisotopic (exact) mass is 349 g/mol. The Balaban J connectivity index is 1.97. The summed E-state index contributed by atoms with van der Waals surface area (Å²) in [7, 11) is 0. The number of furan rings is 1. The lowest BCUT2D eigenvalue weighted by molar-refractivity contribution is -0.402. The number of nitrogens with zero attached hydrogens (tertiary/aromatic N) is 2. The quantitative estimate of drug-likeness (QED) is 0.675.